The lowest BCUT2D eigenvalue weighted by Crippen LogP contribution is -2.44. The van der Waals surface area contributed by atoms with E-state index in [1.807, 2.05) is 20.8 Å². The Bertz CT molecular complexity index is 828. The second-order valence-corrected chi connectivity index (χ2v) is 6.70. The van der Waals surface area contributed by atoms with Gasteiger partial charge in [0.25, 0.3) is 0 Å². The summed E-state index contributed by atoms with van der Waals surface area (Å²) in [6.07, 6.45) is 1.08. The van der Waals surface area contributed by atoms with Gasteiger partial charge in [0.05, 0.1) is 0 Å². The van der Waals surface area contributed by atoms with Crippen LogP contribution in [-0.2, 0) is 0 Å². The molecule has 0 N–H and O–H groups in total. The zero-order valence-electron chi connectivity index (χ0n) is 15.1. The van der Waals surface area contributed by atoms with Crippen LogP contribution in [0, 0.1) is 24.6 Å². The first-order valence-corrected chi connectivity index (χ1v) is 7.86. The van der Waals surface area contributed by atoms with Gasteiger partial charge in [-0.15, -0.1) is 0 Å². The largest absolute Gasteiger partial charge is 0.416 e. The van der Waals surface area contributed by atoms with Gasteiger partial charge in [-0.1, -0.05) is 11.8 Å². The molecule has 0 bridgehead atoms. The molecule has 0 radical (unpaired) electrons. The zero-order valence-corrected chi connectivity index (χ0v) is 15.1. The molecule has 0 spiro atoms. The molecule has 4 nitrogen and oxygen atoms in total. The number of pyridine rings is 1. The van der Waals surface area contributed by atoms with E-state index in [9.17, 15) is 9.18 Å². The van der Waals surface area contributed by atoms with Crippen LogP contribution in [0.2, 0.25) is 0 Å². The summed E-state index contributed by atoms with van der Waals surface area (Å²) in [5, 5.41) is 0. The Labute approximate surface area is 147 Å². The van der Waals surface area contributed by atoms with Gasteiger partial charge in [-0.3, -0.25) is 0 Å². The fraction of sp³-hybridized carbons (Fsp3) is 0.300. The predicted octanol–water partition coefficient (Wildman–Crippen LogP) is 4.16. The van der Waals surface area contributed by atoms with Crippen LogP contribution in [0.15, 0.2) is 36.5 Å². The van der Waals surface area contributed by atoms with E-state index in [0.29, 0.717) is 16.7 Å². The number of aryl methyl sites for hydroxylation is 1. The molecule has 0 aliphatic heterocycles. The molecule has 0 aliphatic carbocycles. The van der Waals surface area contributed by atoms with Gasteiger partial charge in [-0.25, -0.2) is 14.2 Å². The summed E-state index contributed by atoms with van der Waals surface area (Å²) >= 11 is 0. The maximum Gasteiger partial charge on any atom is 0.416 e. The first-order chi connectivity index (χ1) is 11.7. The molecule has 2 rings (SSSR count). The van der Waals surface area contributed by atoms with E-state index in [1.54, 1.807) is 38.4 Å². The lowest BCUT2D eigenvalue weighted by atomic mass is 10.1. The van der Waals surface area contributed by atoms with Crippen molar-refractivity contribution in [3.63, 3.8) is 0 Å². The minimum atomic E-state index is -0.465. The smallest absolute Gasteiger partial charge is 0.391 e. The summed E-state index contributed by atoms with van der Waals surface area (Å²) in [4.78, 5) is 17.8. The molecule has 5 heteroatoms. The van der Waals surface area contributed by atoms with Crippen molar-refractivity contribution >= 4 is 6.09 Å². The number of halogens is 1. The first kappa shape index (κ1) is 18.5. The van der Waals surface area contributed by atoms with Crippen molar-refractivity contribution in [3.05, 3.63) is 59.0 Å². The van der Waals surface area contributed by atoms with Crippen molar-refractivity contribution in [2.24, 2.45) is 0 Å². The number of nitrogens with zero attached hydrogens (tertiary/aromatic N) is 2. The third kappa shape index (κ3) is 5.05. The highest BCUT2D eigenvalue weighted by atomic mass is 19.1. The van der Waals surface area contributed by atoms with E-state index in [4.69, 9.17) is 4.74 Å². The van der Waals surface area contributed by atoms with Gasteiger partial charge in [-0.2, -0.15) is 0 Å². The Hall–Kier alpha value is -2.87. The lowest BCUT2D eigenvalue weighted by molar-refractivity contribution is 0.122. The van der Waals surface area contributed by atoms with Crippen molar-refractivity contribution in [1.82, 2.24) is 9.88 Å². The van der Waals surface area contributed by atoms with Gasteiger partial charge in [0, 0.05) is 35.5 Å². The van der Waals surface area contributed by atoms with E-state index in [2.05, 4.69) is 16.8 Å². The van der Waals surface area contributed by atoms with Gasteiger partial charge in [-0.05, 0) is 58.0 Å². The molecule has 1 amide bonds. The Balaban J connectivity index is 2.13. The van der Waals surface area contributed by atoms with E-state index < -0.39 is 6.09 Å². The molecule has 0 saturated heterocycles. The number of hydrogen-bond acceptors (Lipinski definition) is 3. The van der Waals surface area contributed by atoms with Crippen molar-refractivity contribution in [1.29, 1.82) is 0 Å². The van der Waals surface area contributed by atoms with Crippen LogP contribution in [0.25, 0.3) is 0 Å². The topological polar surface area (TPSA) is 42.4 Å². The zero-order chi connectivity index (χ0) is 18.6. The van der Waals surface area contributed by atoms with Crippen LogP contribution < -0.4 is 4.74 Å². The van der Waals surface area contributed by atoms with Crippen molar-refractivity contribution in [2.45, 2.75) is 33.2 Å². The maximum atomic E-state index is 12.9. The summed E-state index contributed by atoms with van der Waals surface area (Å²) in [6, 6.07) is 7.75. The normalized spacial score (nSPS) is 10.6. The summed E-state index contributed by atoms with van der Waals surface area (Å²) in [7, 11) is 1.68. The number of aromatic nitrogens is 1. The minimum absolute atomic E-state index is 0.258. The molecular formula is C20H21FN2O2. The molecule has 0 aliphatic rings. The van der Waals surface area contributed by atoms with Gasteiger partial charge >= 0.3 is 6.09 Å². The lowest BCUT2D eigenvalue weighted by Gasteiger charge is -2.30. The third-order valence-electron chi connectivity index (χ3n) is 3.69. The summed E-state index contributed by atoms with van der Waals surface area (Å²) < 4.78 is 18.2. The second kappa shape index (κ2) is 7.35. The van der Waals surface area contributed by atoms with Crippen LogP contribution in [-0.4, -0.2) is 28.6 Å². The number of benzene rings is 1. The van der Waals surface area contributed by atoms with Crippen LogP contribution in [0.5, 0.6) is 5.88 Å². The Morgan fingerprint density at radius 2 is 1.76 bits per heavy atom. The highest BCUT2D eigenvalue weighted by Crippen LogP contribution is 2.18. The van der Waals surface area contributed by atoms with Crippen LogP contribution in [0.1, 0.15) is 37.5 Å². The monoisotopic (exact) mass is 340 g/mol. The number of rotatable bonds is 1. The average molecular weight is 340 g/mol. The number of hydrogen-bond donors (Lipinski definition) is 0. The predicted molar refractivity (Wildman–Crippen MR) is 94.9 cm³/mol. The summed E-state index contributed by atoms with van der Waals surface area (Å²) in [5.74, 6) is 5.87. The van der Waals surface area contributed by atoms with E-state index in [0.717, 1.165) is 0 Å². The SMILES string of the molecule is Cc1cc(C#Cc2ccc(F)cc2)cnc1OC(=O)N(C)C(C)(C)C. The van der Waals surface area contributed by atoms with Gasteiger partial charge in [0.1, 0.15) is 5.82 Å². The number of ether oxygens (including phenoxy) is 1. The Morgan fingerprint density at radius 1 is 1.16 bits per heavy atom. The third-order valence-corrected chi connectivity index (χ3v) is 3.69. The quantitative estimate of drug-likeness (QED) is 0.732. The van der Waals surface area contributed by atoms with Crippen molar-refractivity contribution in [3.8, 4) is 17.7 Å². The molecule has 1 aromatic carbocycles. The van der Waals surface area contributed by atoms with E-state index in [-0.39, 0.29) is 17.2 Å². The number of carbonyl (C=O) groups excluding carboxylic acids is 1. The average Bonchev–Trinajstić information content (AvgIpc) is 2.55. The number of amides is 1. The molecule has 0 atom stereocenters. The van der Waals surface area contributed by atoms with E-state index >= 15 is 0 Å². The molecular weight excluding hydrogens is 319 g/mol. The van der Waals surface area contributed by atoms with Gasteiger partial charge in [0.2, 0.25) is 5.88 Å². The van der Waals surface area contributed by atoms with Gasteiger partial charge in [0.15, 0.2) is 0 Å². The van der Waals surface area contributed by atoms with Crippen LogP contribution in [0.4, 0.5) is 9.18 Å². The molecule has 1 aromatic heterocycles. The molecule has 25 heavy (non-hydrogen) atoms. The molecule has 0 unspecified atom stereocenters. The second-order valence-electron chi connectivity index (χ2n) is 6.70. The van der Waals surface area contributed by atoms with Crippen LogP contribution in [0.3, 0.4) is 0 Å². The molecule has 130 valence electrons. The highest BCUT2D eigenvalue weighted by molar-refractivity contribution is 5.71. The van der Waals surface area contributed by atoms with E-state index in [1.165, 1.54) is 17.0 Å². The fourth-order valence-corrected chi connectivity index (χ4v) is 1.84. The van der Waals surface area contributed by atoms with Crippen molar-refractivity contribution in [2.75, 3.05) is 7.05 Å². The van der Waals surface area contributed by atoms with Gasteiger partial charge < -0.3 is 9.64 Å². The first-order valence-electron chi connectivity index (χ1n) is 7.86. The Kier molecular flexibility index (Phi) is 5.43. The van der Waals surface area contributed by atoms with Crippen LogP contribution >= 0.6 is 0 Å². The molecule has 1 heterocycles. The summed E-state index contributed by atoms with van der Waals surface area (Å²) in [6.45, 7) is 7.56. The standard InChI is InChI=1S/C20H21FN2O2/c1-14-12-16(7-6-15-8-10-17(21)11-9-15)13-22-18(14)25-19(24)23(5)20(2,3)4/h8-13H,1-5H3. The van der Waals surface area contributed by atoms with Crippen molar-refractivity contribution < 1.29 is 13.9 Å². The maximum absolute atomic E-state index is 12.9. The molecule has 0 fully saturated rings. The molecule has 2 aromatic rings. The minimum Gasteiger partial charge on any atom is -0.391 e. The fourth-order valence-electron chi connectivity index (χ4n) is 1.84. The summed E-state index contributed by atoms with van der Waals surface area (Å²) in [5.41, 5.74) is 1.76. The molecule has 0 saturated carbocycles. The Morgan fingerprint density at radius 3 is 2.32 bits per heavy atom. The highest BCUT2D eigenvalue weighted by Gasteiger charge is 2.24. The number of carbonyl (C=O) groups is 1.